The quantitative estimate of drug-likeness (QED) is 0.940. The molecule has 0 saturated carbocycles. The Kier molecular flexibility index (Phi) is 3.91. The zero-order chi connectivity index (χ0) is 15.0. The van der Waals surface area contributed by atoms with Gasteiger partial charge in [0.25, 0.3) is 0 Å². The first-order valence-electron chi connectivity index (χ1n) is 7.17. The molecule has 0 bridgehead atoms. The van der Waals surface area contributed by atoms with Crippen LogP contribution < -0.4 is 0 Å². The van der Waals surface area contributed by atoms with Crippen LogP contribution in [0.3, 0.4) is 0 Å². The second kappa shape index (κ2) is 5.70. The van der Waals surface area contributed by atoms with Crippen LogP contribution in [0.15, 0.2) is 18.2 Å². The first kappa shape index (κ1) is 14.4. The van der Waals surface area contributed by atoms with E-state index < -0.39 is 5.97 Å². The topological polar surface area (TPSA) is 51.5 Å². The summed E-state index contributed by atoms with van der Waals surface area (Å²) in [6.45, 7) is 4.29. The number of hydrogen-bond donors (Lipinski definition) is 1. The van der Waals surface area contributed by atoms with Crippen LogP contribution in [0.25, 0.3) is 10.9 Å². The number of nitrogens with zero attached hydrogens (tertiary/aromatic N) is 1. The number of carboxylic acids is 1. The molecule has 2 aromatic rings. The largest absolute Gasteiger partial charge is 0.478 e. The van der Waals surface area contributed by atoms with Crippen molar-refractivity contribution in [2.75, 3.05) is 13.2 Å². The summed E-state index contributed by atoms with van der Waals surface area (Å²) in [5, 5.41) is 10.8. The maximum absolute atomic E-state index is 11.6. The Morgan fingerprint density at radius 1 is 1.43 bits per heavy atom. The van der Waals surface area contributed by atoms with Gasteiger partial charge in [0.15, 0.2) is 0 Å². The predicted octanol–water partition coefficient (Wildman–Crippen LogP) is 3.73. The van der Waals surface area contributed by atoms with Crippen LogP contribution in [0, 0.1) is 12.8 Å². The fourth-order valence-corrected chi connectivity index (χ4v) is 3.32. The van der Waals surface area contributed by atoms with E-state index in [9.17, 15) is 9.90 Å². The maximum Gasteiger partial charge on any atom is 0.338 e. The van der Waals surface area contributed by atoms with Crippen molar-refractivity contribution in [3.63, 3.8) is 0 Å². The van der Waals surface area contributed by atoms with Gasteiger partial charge >= 0.3 is 5.97 Å². The van der Waals surface area contributed by atoms with E-state index in [2.05, 4.69) is 4.57 Å². The van der Waals surface area contributed by atoms with Crippen LogP contribution in [-0.4, -0.2) is 28.9 Å². The molecule has 1 N–H and O–H groups in total. The highest BCUT2D eigenvalue weighted by Crippen LogP contribution is 2.30. The van der Waals surface area contributed by atoms with Gasteiger partial charge in [-0.1, -0.05) is 11.6 Å². The van der Waals surface area contributed by atoms with Gasteiger partial charge in [-0.25, -0.2) is 4.79 Å². The summed E-state index contributed by atoms with van der Waals surface area (Å²) < 4.78 is 7.51. The number of benzene rings is 1. The normalized spacial score (nSPS) is 16.5. The van der Waals surface area contributed by atoms with E-state index in [1.54, 1.807) is 6.07 Å². The third-order valence-electron chi connectivity index (χ3n) is 4.28. The molecule has 3 rings (SSSR count). The fraction of sp³-hybridized carbons (Fsp3) is 0.438. The Hall–Kier alpha value is -1.52. The zero-order valence-corrected chi connectivity index (χ0v) is 12.7. The molecule has 1 saturated heterocycles. The van der Waals surface area contributed by atoms with Crippen LogP contribution in [-0.2, 0) is 11.3 Å². The number of halogens is 1. The number of rotatable bonds is 3. The van der Waals surface area contributed by atoms with Crippen molar-refractivity contribution >= 4 is 28.5 Å². The molecule has 0 aliphatic carbocycles. The van der Waals surface area contributed by atoms with Gasteiger partial charge in [-0.15, -0.1) is 0 Å². The summed E-state index contributed by atoms with van der Waals surface area (Å²) in [5.41, 5.74) is 2.10. The minimum atomic E-state index is -0.898. The number of aromatic nitrogens is 1. The number of aromatic carboxylic acids is 1. The molecule has 1 aliphatic heterocycles. The molecule has 0 amide bonds. The Balaban J connectivity index is 2.08. The molecule has 1 aliphatic rings. The van der Waals surface area contributed by atoms with E-state index >= 15 is 0 Å². The lowest BCUT2D eigenvalue weighted by atomic mass is 10.0. The highest BCUT2D eigenvalue weighted by molar-refractivity contribution is 6.31. The molecule has 1 fully saturated rings. The average Bonchev–Trinajstić information content (AvgIpc) is 2.72. The van der Waals surface area contributed by atoms with Crippen LogP contribution >= 0.6 is 11.6 Å². The van der Waals surface area contributed by atoms with Crippen molar-refractivity contribution in [1.82, 2.24) is 4.57 Å². The number of carbonyl (C=O) groups is 1. The Bertz CT molecular complexity index is 686. The monoisotopic (exact) mass is 307 g/mol. The predicted molar refractivity (Wildman–Crippen MR) is 82.2 cm³/mol. The van der Waals surface area contributed by atoms with Gasteiger partial charge in [0.1, 0.15) is 0 Å². The van der Waals surface area contributed by atoms with Gasteiger partial charge in [0.2, 0.25) is 0 Å². The van der Waals surface area contributed by atoms with Gasteiger partial charge in [-0.2, -0.15) is 0 Å². The van der Waals surface area contributed by atoms with E-state index in [0.29, 0.717) is 16.5 Å². The molecule has 0 spiro atoms. The molecule has 1 aromatic carbocycles. The Morgan fingerprint density at radius 2 is 2.14 bits per heavy atom. The van der Waals surface area contributed by atoms with Crippen LogP contribution in [0.4, 0.5) is 0 Å². The fourth-order valence-electron chi connectivity index (χ4n) is 3.15. The minimum absolute atomic E-state index is 0.361. The molecule has 21 heavy (non-hydrogen) atoms. The molecular weight excluding hydrogens is 290 g/mol. The SMILES string of the molecule is Cc1c(C(=O)O)c2cc(Cl)ccc2n1CC1CCOCC1. The van der Waals surface area contributed by atoms with Crippen LogP contribution in [0.2, 0.25) is 5.02 Å². The minimum Gasteiger partial charge on any atom is -0.478 e. The van der Waals surface area contributed by atoms with Gasteiger partial charge in [0.05, 0.1) is 5.56 Å². The molecule has 0 radical (unpaired) electrons. The van der Waals surface area contributed by atoms with E-state index in [4.69, 9.17) is 16.3 Å². The molecule has 1 aromatic heterocycles. The molecule has 2 heterocycles. The van der Waals surface area contributed by atoms with Crippen LogP contribution in [0.5, 0.6) is 0 Å². The summed E-state index contributed by atoms with van der Waals surface area (Å²) >= 11 is 6.03. The maximum atomic E-state index is 11.6. The highest BCUT2D eigenvalue weighted by atomic mass is 35.5. The summed E-state index contributed by atoms with van der Waals surface area (Å²) in [6.07, 6.45) is 2.05. The smallest absolute Gasteiger partial charge is 0.338 e. The summed E-state index contributed by atoms with van der Waals surface area (Å²) in [7, 11) is 0. The molecule has 5 heteroatoms. The second-order valence-electron chi connectivity index (χ2n) is 5.59. The van der Waals surface area contributed by atoms with Gasteiger partial charge < -0.3 is 14.4 Å². The Labute approximate surface area is 128 Å². The molecule has 0 unspecified atom stereocenters. The third kappa shape index (κ3) is 2.65. The summed E-state index contributed by atoms with van der Waals surface area (Å²) in [6, 6.07) is 5.47. The van der Waals surface area contributed by atoms with Crippen molar-refractivity contribution in [1.29, 1.82) is 0 Å². The second-order valence-corrected chi connectivity index (χ2v) is 6.03. The lowest BCUT2D eigenvalue weighted by Gasteiger charge is -2.23. The highest BCUT2D eigenvalue weighted by Gasteiger charge is 2.22. The van der Waals surface area contributed by atoms with E-state index in [0.717, 1.165) is 49.2 Å². The van der Waals surface area contributed by atoms with Crippen molar-refractivity contribution in [2.45, 2.75) is 26.3 Å². The van der Waals surface area contributed by atoms with Gasteiger partial charge in [-0.3, -0.25) is 0 Å². The van der Waals surface area contributed by atoms with Crippen molar-refractivity contribution < 1.29 is 14.6 Å². The number of hydrogen-bond acceptors (Lipinski definition) is 2. The van der Waals surface area contributed by atoms with Crippen LogP contribution in [0.1, 0.15) is 28.9 Å². The lowest BCUT2D eigenvalue weighted by Crippen LogP contribution is -2.21. The number of fused-ring (bicyclic) bond motifs is 1. The summed E-state index contributed by atoms with van der Waals surface area (Å²) in [4.78, 5) is 11.6. The van der Waals surface area contributed by atoms with E-state index in [1.807, 2.05) is 19.1 Å². The van der Waals surface area contributed by atoms with E-state index in [-0.39, 0.29) is 0 Å². The lowest BCUT2D eigenvalue weighted by molar-refractivity contribution is 0.0612. The zero-order valence-electron chi connectivity index (χ0n) is 11.9. The third-order valence-corrected chi connectivity index (χ3v) is 4.52. The average molecular weight is 308 g/mol. The van der Waals surface area contributed by atoms with Crippen molar-refractivity contribution in [3.05, 3.63) is 34.5 Å². The molecule has 0 atom stereocenters. The van der Waals surface area contributed by atoms with Crippen molar-refractivity contribution in [3.8, 4) is 0 Å². The standard InChI is InChI=1S/C16H18ClNO3/c1-10-15(16(19)20)13-8-12(17)2-3-14(13)18(10)9-11-4-6-21-7-5-11/h2-3,8,11H,4-7,9H2,1H3,(H,19,20). The first-order valence-corrected chi connectivity index (χ1v) is 7.55. The van der Waals surface area contributed by atoms with E-state index in [1.165, 1.54) is 0 Å². The van der Waals surface area contributed by atoms with Crippen molar-refractivity contribution in [2.24, 2.45) is 5.92 Å². The summed E-state index contributed by atoms with van der Waals surface area (Å²) in [5.74, 6) is -0.365. The van der Waals surface area contributed by atoms with Gasteiger partial charge in [-0.05, 0) is 43.9 Å². The Morgan fingerprint density at radius 3 is 2.81 bits per heavy atom. The van der Waals surface area contributed by atoms with Gasteiger partial charge in [0, 0.05) is 41.4 Å². The molecular formula is C16H18ClNO3. The molecule has 112 valence electrons. The first-order chi connectivity index (χ1) is 10.1. The number of ether oxygens (including phenoxy) is 1. The molecule has 4 nitrogen and oxygen atoms in total. The number of carboxylic acid groups (broad SMARTS) is 1.